The normalized spacial score (nSPS) is 11.2. The quantitative estimate of drug-likeness (QED) is 0.514. The minimum Gasteiger partial charge on any atom is -0.494 e. The molecule has 0 aliphatic carbocycles. The van der Waals surface area contributed by atoms with Gasteiger partial charge in [-0.05, 0) is 55.1 Å². The molecule has 0 spiro atoms. The number of rotatable bonds is 6. The zero-order valence-electron chi connectivity index (χ0n) is 14.5. The number of ether oxygens (including phenoxy) is 2. The van der Waals surface area contributed by atoms with Crippen molar-refractivity contribution in [2.45, 2.75) is 13.8 Å². The summed E-state index contributed by atoms with van der Waals surface area (Å²) in [7, 11) is 0. The highest BCUT2D eigenvalue weighted by Crippen LogP contribution is 2.31. The van der Waals surface area contributed by atoms with E-state index in [2.05, 4.69) is 0 Å². The molecular formula is C22H21FO2. The topological polar surface area (TPSA) is 18.5 Å². The van der Waals surface area contributed by atoms with Gasteiger partial charge in [0.2, 0.25) is 0 Å². The monoisotopic (exact) mass is 336 g/mol. The first-order valence-corrected chi connectivity index (χ1v) is 8.42. The highest BCUT2D eigenvalue weighted by molar-refractivity contribution is 5.89. The first kappa shape index (κ1) is 17.0. The Labute approximate surface area is 147 Å². The van der Waals surface area contributed by atoms with E-state index < -0.39 is 0 Å². The van der Waals surface area contributed by atoms with Gasteiger partial charge in [0.1, 0.15) is 23.9 Å². The standard InChI is InChI=1S/C22H21FO2/c1-3-5-14-25-19-11-13-21-17(15-19)8-12-20(22(21)23)16-6-9-18(10-7-16)24-4-2/h3,5-13,15H,4,14H2,1-2H3. The van der Waals surface area contributed by atoms with E-state index in [0.717, 1.165) is 22.4 Å². The van der Waals surface area contributed by atoms with Crippen LogP contribution >= 0.6 is 0 Å². The third-order valence-corrected chi connectivity index (χ3v) is 3.98. The van der Waals surface area contributed by atoms with Gasteiger partial charge in [0.25, 0.3) is 0 Å². The van der Waals surface area contributed by atoms with Crippen LogP contribution in [-0.2, 0) is 0 Å². The number of hydrogen-bond acceptors (Lipinski definition) is 2. The van der Waals surface area contributed by atoms with Crippen LogP contribution in [0.2, 0.25) is 0 Å². The van der Waals surface area contributed by atoms with E-state index in [-0.39, 0.29) is 5.82 Å². The van der Waals surface area contributed by atoms with Crippen LogP contribution in [0.25, 0.3) is 21.9 Å². The molecule has 0 fully saturated rings. The molecule has 3 aromatic carbocycles. The van der Waals surface area contributed by atoms with Gasteiger partial charge in [-0.25, -0.2) is 4.39 Å². The molecule has 0 atom stereocenters. The Morgan fingerprint density at radius 1 is 0.920 bits per heavy atom. The van der Waals surface area contributed by atoms with Crippen molar-refractivity contribution in [1.29, 1.82) is 0 Å². The first-order chi connectivity index (χ1) is 12.2. The van der Waals surface area contributed by atoms with Gasteiger partial charge in [-0.1, -0.05) is 36.4 Å². The summed E-state index contributed by atoms with van der Waals surface area (Å²) in [5.74, 6) is 1.30. The van der Waals surface area contributed by atoms with E-state index in [4.69, 9.17) is 9.47 Å². The third-order valence-electron chi connectivity index (χ3n) is 3.98. The second-order valence-electron chi connectivity index (χ2n) is 5.65. The lowest BCUT2D eigenvalue weighted by Gasteiger charge is -2.10. The Hall–Kier alpha value is -2.81. The largest absolute Gasteiger partial charge is 0.494 e. The molecule has 0 heterocycles. The highest BCUT2D eigenvalue weighted by atomic mass is 19.1. The molecule has 128 valence electrons. The minimum absolute atomic E-state index is 0.221. The second-order valence-corrected chi connectivity index (χ2v) is 5.65. The van der Waals surface area contributed by atoms with Crippen LogP contribution < -0.4 is 9.47 Å². The maximum absolute atomic E-state index is 15.0. The summed E-state index contributed by atoms with van der Waals surface area (Å²) < 4.78 is 26.0. The molecule has 0 radical (unpaired) electrons. The first-order valence-electron chi connectivity index (χ1n) is 8.42. The van der Waals surface area contributed by atoms with Gasteiger partial charge in [-0.3, -0.25) is 0 Å². The second kappa shape index (κ2) is 7.84. The molecule has 0 saturated heterocycles. The van der Waals surface area contributed by atoms with E-state index in [1.54, 1.807) is 12.1 Å². The summed E-state index contributed by atoms with van der Waals surface area (Å²) in [6, 6.07) is 16.7. The SMILES string of the molecule is CC=CCOc1ccc2c(F)c(-c3ccc(OCC)cc3)ccc2c1. The van der Waals surface area contributed by atoms with E-state index in [9.17, 15) is 4.39 Å². The maximum Gasteiger partial charge on any atom is 0.138 e. The lowest BCUT2D eigenvalue weighted by molar-refractivity contribution is 0.340. The number of benzene rings is 3. The van der Waals surface area contributed by atoms with Gasteiger partial charge < -0.3 is 9.47 Å². The van der Waals surface area contributed by atoms with Crippen molar-refractivity contribution < 1.29 is 13.9 Å². The van der Waals surface area contributed by atoms with E-state index in [1.807, 2.05) is 68.5 Å². The highest BCUT2D eigenvalue weighted by Gasteiger charge is 2.10. The van der Waals surface area contributed by atoms with Gasteiger partial charge in [-0.2, -0.15) is 0 Å². The third kappa shape index (κ3) is 3.82. The smallest absolute Gasteiger partial charge is 0.138 e. The van der Waals surface area contributed by atoms with Crippen LogP contribution in [0.5, 0.6) is 11.5 Å². The lowest BCUT2D eigenvalue weighted by atomic mass is 10.00. The number of allylic oxidation sites excluding steroid dienone is 1. The van der Waals surface area contributed by atoms with Gasteiger partial charge in [0.15, 0.2) is 0 Å². The number of halogens is 1. The molecule has 2 nitrogen and oxygen atoms in total. The summed E-state index contributed by atoms with van der Waals surface area (Å²) in [6.07, 6.45) is 3.86. The average molecular weight is 336 g/mol. The molecule has 0 saturated carbocycles. The molecule has 0 bridgehead atoms. The maximum atomic E-state index is 15.0. The fraction of sp³-hybridized carbons (Fsp3) is 0.182. The fourth-order valence-electron chi connectivity index (χ4n) is 2.72. The van der Waals surface area contributed by atoms with Crippen LogP contribution in [0.1, 0.15) is 13.8 Å². The zero-order valence-corrected chi connectivity index (χ0v) is 14.5. The molecule has 0 aliphatic heterocycles. The Bertz CT molecular complexity index is 882. The molecule has 0 amide bonds. The Balaban J connectivity index is 1.92. The Morgan fingerprint density at radius 3 is 2.40 bits per heavy atom. The van der Waals surface area contributed by atoms with Crippen LogP contribution in [0.3, 0.4) is 0 Å². The van der Waals surface area contributed by atoms with E-state index >= 15 is 0 Å². The number of hydrogen-bond donors (Lipinski definition) is 0. The van der Waals surface area contributed by atoms with Crippen LogP contribution in [-0.4, -0.2) is 13.2 Å². The molecule has 25 heavy (non-hydrogen) atoms. The van der Waals surface area contributed by atoms with Crippen molar-refractivity contribution in [3.8, 4) is 22.6 Å². The average Bonchev–Trinajstić information content (AvgIpc) is 2.63. The van der Waals surface area contributed by atoms with Crippen molar-refractivity contribution in [2.75, 3.05) is 13.2 Å². The minimum atomic E-state index is -0.221. The zero-order chi connectivity index (χ0) is 17.6. The van der Waals surface area contributed by atoms with Crippen molar-refractivity contribution in [2.24, 2.45) is 0 Å². The fourth-order valence-corrected chi connectivity index (χ4v) is 2.72. The lowest BCUT2D eigenvalue weighted by Crippen LogP contribution is -1.94. The van der Waals surface area contributed by atoms with Gasteiger partial charge in [0.05, 0.1) is 6.61 Å². The molecule has 0 N–H and O–H groups in total. The molecule has 3 aromatic rings. The van der Waals surface area contributed by atoms with Crippen LogP contribution in [0.4, 0.5) is 4.39 Å². The van der Waals surface area contributed by atoms with Gasteiger partial charge >= 0.3 is 0 Å². The van der Waals surface area contributed by atoms with Crippen LogP contribution in [0, 0.1) is 5.82 Å². The molecule has 3 heteroatoms. The predicted molar refractivity (Wildman–Crippen MR) is 101 cm³/mol. The summed E-state index contributed by atoms with van der Waals surface area (Å²) >= 11 is 0. The van der Waals surface area contributed by atoms with Crippen molar-refractivity contribution in [1.82, 2.24) is 0 Å². The molecule has 0 unspecified atom stereocenters. The summed E-state index contributed by atoms with van der Waals surface area (Å²) in [6.45, 7) is 5.01. The van der Waals surface area contributed by atoms with Crippen LogP contribution in [0.15, 0.2) is 66.7 Å². The van der Waals surface area contributed by atoms with Crippen molar-refractivity contribution in [3.05, 3.63) is 72.6 Å². The summed E-state index contributed by atoms with van der Waals surface area (Å²) in [5.41, 5.74) is 1.41. The Morgan fingerprint density at radius 2 is 1.68 bits per heavy atom. The Kier molecular flexibility index (Phi) is 5.34. The van der Waals surface area contributed by atoms with Gasteiger partial charge in [-0.15, -0.1) is 0 Å². The summed E-state index contributed by atoms with van der Waals surface area (Å²) in [4.78, 5) is 0. The molecular weight excluding hydrogens is 315 g/mol. The van der Waals surface area contributed by atoms with E-state index in [0.29, 0.717) is 24.2 Å². The van der Waals surface area contributed by atoms with Crippen molar-refractivity contribution >= 4 is 10.8 Å². The summed E-state index contributed by atoms with van der Waals surface area (Å²) in [5, 5.41) is 1.41. The van der Waals surface area contributed by atoms with Gasteiger partial charge in [0, 0.05) is 10.9 Å². The van der Waals surface area contributed by atoms with Crippen molar-refractivity contribution in [3.63, 3.8) is 0 Å². The number of fused-ring (bicyclic) bond motifs is 1. The molecule has 0 aliphatic rings. The molecule has 3 rings (SSSR count). The predicted octanol–water partition coefficient (Wildman–Crippen LogP) is 6.00. The molecule has 0 aromatic heterocycles. The van der Waals surface area contributed by atoms with E-state index in [1.165, 1.54) is 0 Å².